The normalized spacial score (nSPS) is 11.0. The lowest BCUT2D eigenvalue weighted by atomic mass is 10.1. The zero-order valence-electron chi connectivity index (χ0n) is 14.4. The Bertz CT molecular complexity index is 927. The molecule has 0 aliphatic rings. The lowest BCUT2D eigenvalue weighted by molar-refractivity contribution is -0.124. The number of nitrogens with one attached hydrogen (secondary N) is 1. The molecule has 0 saturated carbocycles. The summed E-state index contributed by atoms with van der Waals surface area (Å²) in [4.78, 5) is 27.7. The number of hydrogen-bond donors (Lipinski definition) is 2. The molecular formula is C17H19N3O5S. The first kappa shape index (κ1) is 19.5. The highest BCUT2D eigenvalue weighted by molar-refractivity contribution is 7.89. The van der Waals surface area contributed by atoms with Gasteiger partial charge >= 0.3 is 5.97 Å². The van der Waals surface area contributed by atoms with Crippen molar-refractivity contribution in [1.29, 1.82) is 0 Å². The first-order chi connectivity index (χ1) is 12.2. The molecular weight excluding hydrogens is 358 g/mol. The van der Waals surface area contributed by atoms with Crippen LogP contribution in [-0.4, -0.2) is 31.9 Å². The van der Waals surface area contributed by atoms with Gasteiger partial charge in [0.2, 0.25) is 10.0 Å². The van der Waals surface area contributed by atoms with Crippen molar-refractivity contribution in [2.24, 2.45) is 5.14 Å². The lowest BCUT2D eigenvalue weighted by Crippen LogP contribution is -2.28. The predicted molar refractivity (Wildman–Crippen MR) is 93.7 cm³/mol. The summed E-state index contributed by atoms with van der Waals surface area (Å²) >= 11 is 0. The second-order valence-electron chi connectivity index (χ2n) is 5.68. The van der Waals surface area contributed by atoms with Crippen molar-refractivity contribution in [3.8, 4) is 0 Å². The molecule has 138 valence electrons. The van der Waals surface area contributed by atoms with Crippen LogP contribution in [0.25, 0.3) is 0 Å². The molecule has 0 spiro atoms. The van der Waals surface area contributed by atoms with Crippen molar-refractivity contribution in [3.63, 3.8) is 0 Å². The molecule has 0 unspecified atom stereocenters. The highest BCUT2D eigenvalue weighted by Gasteiger charge is 2.18. The van der Waals surface area contributed by atoms with E-state index in [1.165, 1.54) is 6.07 Å². The quantitative estimate of drug-likeness (QED) is 0.717. The molecule has 2 rings (SSSR count). The van der Waals surface area contributed by atoms with Crippen molar-refractivity contribution in [3.05, 3.63) is 58.9 Å². The van der Waals surface area contributed by atoms with Crippen LogP contribution >= 0.6 is 0 Å². The van der Waals surface area contributed by atoms with Crippen LogP contribution in [0.15, 0.2) is 41.6 Å². The number of pyridine rings is 1. The fourth-order valence-electron chi connectivity index (χ4n) is 2.21. The van der Waals surface area contributed by atoms with Crippen molar-refractivity contribution in [2.75, 3.05) is 6.61 Å². The standard InChI is InChI=1S/C17H19N3O5S/c1-11-6-14(7-15(12(11)2)26(18,23)24)17(22)25-10-16(21)20-9-13-4-3-5-19-8-13/h3-8H,9-10H2,1-2H3,(H,20,21)(H2,18,23,24). The minimum atomic E-state index is -3.98. The van der Waals surface area contributed by atoms with Gasteiger partial charge in [0.15, 0.2) is 6.61 Å². The Hall–Kier alpha value is -2.78. The number of nitrogens with zero attached hydrogens (tertiary/aromatic N) is 1. The van der Waals surface area contributed by atoms with Crippen molar-refractivity contribution >= 4 is 21.9 Å². The Kier molecular flexibility index (Phi) is 6.06. The fraction of sp³-hybridized carbons (Fsp3) is 0.235. The molecule has 1 aromatic carbocycles. The van der Waals surface area contributed by atoms with Gasteiger partial charge in [0.05, 0.1) is 10.5 Å². The van der Waals surface area contributed by atoms with Gasteiger partial charge in [0, 0.05) is 18.9 Å². The van der Waals surface area contributed by atoms with E-state index >= 15 is 0 Å². The Morgan fingerprint density at radius 2 is 2.00 bits per heavy atom. The number of carbonyl (C=O) groups excluding carboxylic acids is 2. The Morgan fingerprint density at radius 3 is 2.62 bits per heavy atom. The molecule has 0 aliphatic carbocycles. The van der Waals surface area contributed by atoms with E-state index in [2.05, 4.69) is 10.3 Å². The number of ether oxygens (including phenoxy) is 1. The summed E-state index contributed by atoms with van der Waals surface area (Å²) in [5.74, 6) is -1.30. The maximum Gasteiger partial charge on any atom is 0.338 e. The average molecular weight is 377 g/mol. The first-order valence-corrected chi connectivity index (χ1v) is 9.20. The van der Waals surface area contributed by atoms with Gasteiger partial charge in [-0.2, -0.15) is 0 Å². The average Bonchev–Trinajstić information content (AvgIpc) is 2.59. The number of amides is 1. The molecule has 2 aromatic rings. The molecule has 1 heterocycles. The number of rotatable bonds is 6. The Labute approximate surface area is 151 Å². The van der Waals surface area contributed by atoms with Gasteiger partial charge in [-0.05, 0) is 48.7 Å². The second kappa shape index (κ2) is 8.07. The topological polar surface area (TPSA) is 128 Å². The third kappa shape index (κ3) is 5.11. The van der Waals surface area contributed by atoms with Crippen LogP contribution in [0.3, 0.4) is 0 Å². The maximum absolute atomic E-state index is 12.1. The zero-order chi connectivity index (χ0) is 19.3. The number of sulfonamides is 1. The van der Waals surface area contributed by atoms with E-state index in [9.17, 15) is 18.0 Å². The summed E-state index contributed by atoms with van der Waals surface area (Å²) in [6, 6.07) is 6.17. The summed E-state index contributed by atoms with van der Waals surface area (Å²) in [5.41, 5.74) is 1.85. The Balaban J connectivity index is 1.99. The van der Waals surface area contributed by atoms with Crippen LogP contribution in [0.2, 0.25) is 0 Å². The zero-order valence-corrected chi connectivity index (χ0v) is 15.2. The van der Waals surface area contributed by atoms with Crippen LogP contribution in [-0.2, 0) is 26.1 Å². The highest BCUT2D eigenvalue weighted by Crippen LogP contribution is 2.20. The van der Waals surface area contributed by atoms with E-state index in [1.54, 1.807) is 38.4 Å². The van der Waals surface area contributed by atoms with Gasteiger partial charge in [0.1, 0.15) is 0 Å². The number of nitrogens with two attached hydrogens (primary N) is 1. The largest absolute Gasteiger partial charge is 0.452 e. The summed E-state index contributed by atoms with van der Waals surface area (Å²) in [5, 5.41) is 7.75. The molecule has 9 heteroatoms. The van der Waals surface area contributed by atoms with Crippen LogP contribution in [0, 0.1) is 13.8 Å². The molecule has 3 N–H and O–H groups in total. The van der Waals surface area contributed by atoms with Crippen LogP contribution in [0.5, 0.6) is 0 Å². The molecule has 1 amide bonds. The van der Waals surface area contributed by atoms with Gasteiger partial charge in [-0.25, -0.2) is 18.4 Å². The first-order valence-electron chi connectivity index (χ1n) is 7.65. The number of carbonyl (C=O) groups is 2. The number of esters is 1. The second-order valence-corrected chi connectivity index (χ2v) is 7.21. The van der Waals surface area contributed by atoms with Crippen molar-refractivity contribution in [1.82, 2.24) is 10.3 Å². The number of aromatic nitrogens is 1. The maximum atomic E-state index is 12.1. The fourth-order valence-corrected chi connectivity index (χ4v) is 3.09. The third-order valence-electron chi connectivity index (χ3n) is 3.71. The van der Waals surface area contributed by atoms with Crippen LogP contribution in [0.1, 0.15) is 27.0 Å². The smallest absolute Gasteiger partial charge is 0.338 e. The predicted octanol–water partition coefficient (Wildman–Crippen LogP) is 0.819. The van der Waals surface area contributed by atoms with Gasteiger partial charge in [-0.15, -0.1) is 0 Å². The number of benzene rings is 1. The molecule has 0 atom stereocenters. The molecule has 8 nitrogen and oxygen atoms in total. The molecule has 0 bridgehead atoms. The summed E-state index contributed by atoms with van der Waals surface area (Å²) in [6.07, 6.45) is 3.22. The van der Waals surface area contributed by atoms with Gasteiger partial charge in [0.25, 0.3) is 5.91 Å². The molecule has 0 radical (unpaired) electrons. The van der Waals surface area contributed by atoms with E-state index in [4.69, 9.17) is 9.88 Å². The number of aryl methyl sites for hydroxylation is 1. The minimum absolute atomic E-state index is 0.0113. The summed E-state index contributed by atoms with van der Waals surface area (Å²) in [6.45, 7) is 3.01. The molecule has 26 heavy (non-hydrogen) atoms. The van der Waals surface area contributed by atoms with E-state index in [0.717, 1.165) is 11.6 Å². The van der Waals surface area contributed by atoms with Crippen LogP contribution < -0.4 is 10.5 Å². The number of primary sulfonamides is 1. The monoisotopic (exact) mass is 377 g/mol. The van der Waals surface area contributed by atoms with Crippen molar-refractivity contribution < 1.29 is 22.7 Å². The molecule has 0 saturated heterocycles. The number of hydrogen-bond acceptors (Lipinski definition) is 6. The van der Waals surface area contributed by atoms with Gasteiger partial charge in [-0.1, -0.05) is 6.07 Å². The van der Waals surface area contributed by atoms with E-state index in [0.29, 0.717) is 11.1 Å². The van der Waals surface area contributed by atoms with Gasteiger partial charge < -0.3 is 10.1 Å². The highest BCUT2D eigenvalue weighted by atomic mass is 32.2. The molecule has 0 aliphatic heterocycles. The van der Waals surface area contributed by atoms with Crippen molar-refractivity contribution in [2.45, 2.75) is 25.3 Å². The third-order valence-corrected chi connectivity index (χ3v) is 4.75. The van der Waals surface area contributed by atoms with E-state index in [-0.39, 0.29) is 17.0 Å². The Morgan fingerprint density at radius 1 is 1.27 bits per heavy atom. The molecule has 0 fully saturated rings. The SMILES string of the molecule is Cc1cc(C(=O)OCC(=O)NCc2cccnc2)cc(S(N)(=O)=O)c1C. The lowest BCUT2D eigenvalue weighted by Gasteiger charge is -2.11. The summed E-state index contributed by atoms with van der Waals surface area (Å²) in [7, 11) is -3.98. The van der Waals surface area contributed by atoms with E-state index < -0.39 is 28.5 Å². The molecule has 1 aromatic heterocycles. The summed E-state index contributed by atoms with van der Waals surface area (Å²) < 4.78 is 28.2. The van der Waals surface area contributed by atoms with Gasteiger partial charge in [-0.3, -0.25) is 9.78 Å². The van der Waals surface area contributed by atoms with E-state index in [1.807, 2.05) is 0 Å². The minimum Gasteiger partial charge on any atom is -0.452 e. The van der Waals surface area contributed by atoms with Crippen LogP contribution in [0.4, 0.5) is 0 Å².